The highest BCUT2D eigenvalue weighted by Gasteiger charge is 2.09. The Kier molecular flexibility index (Phi) is 3.39. The van der Waals surface area contributed by atoms with Gasteiger partial charge in [0.05, 0.1) is 0 Å². The van der Waals surface area contributed by atoms with E-state index >= 15 is 0 Å². The summed E-state index contributed by atoms with van der Waals surface area (Å²) in [5, 5.41) is 0. The second kappa shape index (κ2) is 4.34. The van der Waals surface area contributed by atoms with Crippen molar-refractivity contribution in [2.24, 2.45) is 0 Å². The van der Waals surface area contributed by atoms with Gasteiger partial charge in [-0.1, -0.05) is 13.8 Å². The Balaban J connectivity index is 0.000000336. The average Bonchev–Trinajstić information content (AvgIpc) is 2.48. The number of aryl methyl sites for hydroxylation is 3. The molecule has 1 aliphatic carbocycles. The van der Waals surface area contributed by atoms with E-state index in [1.165, 1.54) is 37.1 Å². The molecule has 0 spiro atoms. The molecule has 1 aromatic heterocycles. The fourth-order valence-corrected chi connectivity index (χ4v) is 1.77. The maximum atomic E-state index is 3.40. The molecular weight excluding hydrogens is 146 g/mol. The fraction of sp³-hybridized carbons (Fsp3) is 0.636. The smallest absolute Gasteiger partial charge is 0.0181 e. The van der Waals surface area contributed by atoms with Gasteiger partial charge in [0.15, 0.2) is 0 Å². The third-order valence-electron chi connectivity index (χ3n) is 2.25. The zero-order valence-corrected chi connectivity index (χ0v) is 8.41. The van der Waals surface area contributed by atoms with Gasteiger partial charge < -0.3 is 4.98 Å². The van der Waals surface area contributed by atoms with Gasteiger partial charge in [-0.15, -0.1) is 0 Å². The first kappa shape index (κ1) is 9.37. The molecule has 0 saturated heterocycles. The van der Waals surface area contributed by atoms with E-state index in [-0.39, 0.29) is 0 Å². The van der Waals surface area contributed by atoms with Crippen LogP contribution in [0.5, 0.6) is 0 Å². The highest BCUT2D eigenvalue weighted by atomic mass is 14.7. The molecule has 0 amide bonds. The summed E-state index contributed by atoms with van der Waals surface area (Å²) in [7, 11) is 0. The summed E-state index contributed by atoms with van der Waals surface area (Å²) in [4.78, 5) is 3.40. The average molecular weight is 165 g/mol. The number of H-pyrrole nitrogens is 1. The van der Waals surface area contributed by atoms with E-state index in [4.69, 9.17) is 0 Å². The Hall–Kier alpha value is -0.720. The van der Waals surface area contributed by atoms with E-state index in [0.29, 0.717) is 0 Å². The van der Waals surface area contributed by atoms with Gasteiger partial charge in [-0.05, 0) is 44.2 Å². The van der Waals surface area contributed by atoms with Gasteiger partial charge >= 0.3 is 0 Å². The number of rotatable bonds is 0. The number of aromatic amines is 1. The molecule has 0 fully saturated rings. The second-order valence-electron chi connectivity index (χ2n) is 3.16. The number of hydrogen-bond acceptors (Lipinski definition) is 0. The minimum atomic E-state index is 1.27. The number of fused-ring (bicyclic) bond motifs is 1. The maximum absolute atomic E-state index is 3.40. The summed E-state index contributed by atoms with van der Waals surface area (Å²) in [5.41, 5.74) is 4.37. The Morgan fingerprint density at radius 3 is 2.50 bits per heavy atom. The van der Waals surface area contributed by atoms with Gasteiger partial charge in [-0.25, -0.2) is 0 Å². The standard InChI is InChI=1S/C9H13N.C2H6/c1-7-6-8-4-2-3-5-9(8)10-7;1-2/h6,10H,2-5H2,1H3;1-2H3. The van der Waals surface area contributed by atoms with Crippen molar-refractivity contribution < 1.29 is 0 Å². The third kappa shape index (κ3) is 1.90. The van der Waals surface area contributed by atoms with E-state index in [1.807, 2.05) is 13.8 Å². The first-order valence-corrected chi connectivity index (χ1v) is 5.03. The lowest BCUT2D eigenvalue weighted by molar-refractivity contribution is 0.677. The number of nitrogens with one attached hydrogen (secondary N) is 1. The van der Waals surface area contributed by atoms with E-state index in [1.54, 1.807) is 5.56 Å². The monoisotopic (exact) mass is 165 g/mol. The maximum Gasteiger partial charge on any atom is 0.0181 e. The van der Waals surface area contributed by atoms with Gasteiger partial charge in [0.25, 0.3) is 0 Å². The molecule has 0 aromatic carbocycles. The predicted octanol–water partition coefficient (Wildman–Crippen LogP) is 3.23. The summed E-state index contributed by atoms with van der Waals surface area (Å²) in [6, 6.07) is 2.29. The summed E-state index contributed by atoms with van der Waals surface area (Å²) >= 11 is 0. The van der Waals surface area contributed by atoms with Crippen LogP contribution in [0.2, 0.25) is 0 Å². The minimum Gasteiger partial charge on any atom is -0.362 e. The van der Waals surface area contributed by atoms with Gasteiger partial charge in [0.2, 0.25) is 0 Å². The van der Waals surface area contributed by atoms with Crippen molar-refractivity contribution in [1.29, 1.82) is 0 Å². The van der Waals surface area contributed by atoms with Crippen LogP contribution < -0.4 is 0 Å². The van der Waals surface area contributed by atoms with Crippen LogP contribution in [0.4, 0.5) is 0 Å². The molecule has 2 rings (SSSR count). The van der Waals surface area contributed by atoms with Crippen molar-refractivity contribution in [3.63, 3.8) is 0 Å². The van der Waals surface area contributed by atoms with E-state index < -0.39 is 0 Å². The highest BCUT2D eigenvalue weighted by Crippen LogP contribution is 2.20. The highest BCUT2D eigenvalue weighted by molar-refractivity contribution is 5.27. The molecule has 1 nitrogen and oxygen atoms in total. The first-order chi connectivity index (χ1) is 5.86. The molecule has 12 heavy (non-hydrogen) atoms. The molecule has 68 valence electrons. The molecule has 1 aliphatic rings. The summed E-state index contributed by atoms with van der Waals surface area (Å²) < 4.78 is 0. The third-order valence-corrected chi connectivity index (χ3v) is 2.25. The van der Waals surface area contributed by atoms with Crippen LogP contribution in [-0.2, 0) is 12.8 Å². The fourth-order valence-electron chi connectivity index (χ4n) is 1.77. The molecule has 0 aliphatic heterocycles. The van der Waals surface area contributed by atoms with Crippen molar-refractivity contribution in [3.8, 4) is 0 Å². The lowest BCUT2D eigenvalue weighted by atomic mass is 9.98. The Bertz CT molecular complexity index is 212. The number of hydrogen-bond donors (Lipinski definition) is 1. The van der Waals surface area contributed by atoms with Crippen molar-refractivity contribution >= 4 is 0 Å². The molecule has 1 aromatic rings. The van der Waals surface area contributed by atoms with Crippen molar-refractivity contribution in [1.82, 2.24) is 4.98 Å². The molecule has 0 atom stereocenters. The van der Waals surface area contributed by atoms with Crippen LogP contribution >= 0.6 is 0 Å². The van der Waals surface area contributed by atoms with Crippen LogP contribution in [0.25, 0.3) is 0 Å². The van der Waals surface area contributed by atoms with Crippen molar-refractivity contribution in [2.75, 3.05) is 0 Å². The summed E-state index contributed by atoms with van der Waals surface area (Å²) in [6.45, 7) is 6.14. The minimum absolute atomic E-state index is 1.27. The van der Waals surface area contributed by atoms with Gasteiger partial charge in [-0.3, -0.25) is 0 Å². The molecular formula is C11H19N. The van der Waals surface area contributed by atoms with Crippen LogP contribution in [-0.4, -0.2) is 4.98 Å². The van der Waals surface area contributed by atoms with Crippen molar-refractivity contribution in [2.45, 2.75) is 46.5 Å². The topological polar surface area (TPSA) is 15.8 Å². The summed E-state index contributed by atoms with van der Waals surface area (Å²) in [6.07, 6.45) is 5.31. The van der Waals surface area contributed by atoms with Gasteiger partial charge in [0.1, 0.15) is 0 Å². The molecule has 0 bridgehead atoms. The van der Waals surface area contributed by atoms with Gasteiger partial charge in [0, 0.05) is 11.4 Å². The van der Waals surface area contributed by atoms with Crippen molar-refractivity contribution in [3.05, 3.63) is 23.0 Å². The lowest BCUT2D eigenvalue weighted by Gasteiger charge is -2.08. The second-order valence-corrected chi connectivity index (χ2v) is 3.16. The van der Waals surface area contributed by atoms with E-state index in [0.717, 1.165) is 0 Å². The normalized spacial score (nSPS) is 14.6. The molecule has 1 heteroatoms. The molecule has 0 radical (unpaired) electrons. The molecule has 0 unspecified atom stereocenters. The zero-order chi connectivity index (χ0) is 8.97. The van der Waals surface area contributed by atoms with E-state index in [9.17, 15) is 0 Å². The Morgan fingerprint density at radius 1 is 1.17 bits per heavy atom. The van der Waals surface area contributed by atoms with Crippen LogP contribution in [0, 0.1) is 6.92 Å². The van der Waals surface area contributed by atoms with Crippen LogP contribution in [0.1, 0.15) is 43.6 Å². The largest absolute Gasteiger partial charge is 0.362 e. The van der Waals surface area contributed by atoms with Crippen LogP contribution in [0.3, 0.4) is 0 Å². The molecule has 1 heterocycles. The molecule has 0 saturated carbocycles. The zero-order valence-electron chi connectivity index (χ0n) is 8.41. The lowest BCUT2D eigenvalue weighted by Crippen LogP contribution is -1.99. The van der Waals surface area contributed by atoms with Gasteiger partial charge in [-0.2, -0.15) is 0 Å². The predicted molar refractivity (Wildman–Crippen MR) is 53.5 cm³/mol. The van der Waals surface area contributed by atoms with Crippen LogP contribution in [0.15, 0.2) is 6.07 Å². The first-order valence-electron chi connectivity index (χ1n) is 5.03. The Morgan fingerprint density at radius 2 is 1.83 bits per heavy atom. The Labute approximate surface area is 75.2 Å². The SMILES string of the molecule is CC.Cc1cc2c([nH]1)CCCC2. The number of aromatic nitrogens is 1. The molecule has 1 N–H and O–H groups in total. The quantitative estimate of drug-likeness (QED) is 0.607. The summed E-state index contributed by atoms with van der Waals surface area (Å²) in [5.74, 6) is 0. The van der Waals surface area contributed by atoms with E-state index in [2.05, 4.69) is 18.0 Å².